The third-order valence-corrected chi connectivity index (χ3v) is 6.36. The highest BCUT2D eigenvalue weighted by Crippen LogP contribution is 2.75. The monoisotopic (exact) mass is 360 g/mol. The van der Waals surface area contributed by atoms with E-state index in [1.807, 2.05) is 39.8 Å². The number of Topliss-reactive ketones (excluding diaryl/α,β-unsaturated/α-hetero) is 1. The fourth-order valence-electron chi connectivity index (χ4n) is 4.78. The largest absolute Gasteiger partial charge is 0.481 e. The maximum Gasteiger partial charge on any atom is 0.333 e. The molecular weight excluding hydrogens is 332 g/mol. The van der Waals surface area contributed by atoms with Crippen molar-refractivity contribution < 1.29 is 24.2 Å². The second-order valence-corrected chi connectivity index (χ2v) is 7.83. The van der Waals surface area contributed by atoms with Crippen molar-refractivity contribution in [1.29, 1.82) is 0 Å². The summed E-state index contributed by atoms with van der Waals surface area (Å²) in [5, 5.41) is 10.2. The van der Waals surface area contributed by atoms with Crippen molar-refractivity contribution in [3.8, 4) is 0 Å². The lowest BCUT2D eigenvalue weighted by Gasteiger charge is -2.24. The van der Waals surface area contributed by atoms with Crippen molar-refractivity contribution in [2.75, 3.05) is 7.11 Å². The minimum atomic E-state index is -1.08. The molecule has 0 heterocycles. The summed E-state index contributed by atoms with van der Waals surface area (Å²) in [4.78, 5) is 36.7. The molecule has 3 atom stereocenters. The molecule has 0 radical (unpaired) electrons. The molecule has 1 saturated carbocycles. The first-order chi connectivity index (χ1) is 12.1. The van der Waals surface area contributed by atoms with Crippen molar-refractivity contribution in [3.63, 3.8) is 0 Å². The molecule has 1 N–H and O–H groups in total. The molecule has 0 saturated heterocycles. The van der Waals surface area contributed by atoms with Gasteiger partial charge in [-0.15, -0.1) is 0 Å². The molecule has 2 aliphatic carbocycles. The third kappa shape index (κ3) is 2.74. The van der Waals surface area contributed by atoms with Crippen molar-refractivity contribution in [2.24, 2.45) is 22.7 Å². The number of carboxylic acid groups (broad SMARTS) is 1. The smallest absolute Gasteiger partial charge is 0.333 e. The number of methoxy groups -OCH3 is 1. The summed E-state index contributed by atoms with van der Waals surface area (Å²) in [5.41, 5.74) is 0.351. The molecule has 0 aliphatic heterocycles. The molecule has 1 fully saturated rings. The van der Waals surface area contributed by atoms with E-state index in [-0.39, 0.29) is 24.0 Å². The van der Waals surface area contributed by atoms with Gasteiger partial charge in [0.25, 0.3) is 0 Å². The zero-order chi connectivity index (χ0) is 19.9. The molecule has 0 unspecified atom stereocenters. The van der Waals surface area contributed by atoms with E-state index < -0.39 is 22.8 Å². The van der Waals surface area contributed by atoms with Crippen LogP contribution in [0.2, 0.25) is 0 Å². The SMILES string of the molecule is CC=CCC1=C(C)[C@@H]([C@@]2(C(=O)O)[C@H](C=C(C)C(=O)OC)C2(C)C)CC1=O. The predicted molar refractivity (Wildman–Crippen MR) is 98.4 cm³/mol. The zero-order valence-corrected chi connectivity index (χ0v) is 16.4. The van der Waals surface area contributed by atoms with Crippen molar-refractivity contribution in [2.45, 2.75) is 47.5 Å². The van der Waals surface area contributed by atoms with Crippen molar-refractivity contribution in [3.05, 3.63) is 34.9 Å². The second kappa shape index (κ2) is 6.86. The van der Waals surface area contributed by atoms with Crippen molar-refractivity contribution >= 4 is 17.7 Å². The minimum absolute atomic E-state index is 0.0290. The molecule has 0 aromatic carbocycles. The number of carbonyl (C=O) groups is 3. The Hall–Kier alpha value is -2.17. The number of hydrogen-bond acceptors (Lipinski definition) is 4. The number of esters is 1. The van der Waals surface area contributed by atoms with Crippen LogP contribution in [-0.2, 0) is 19.1 Å². The molecule has 2 aliphatic rings. The summed E-state index contributed by atoms with van der Waals surface area (Å²) >= 11 is 0. The number of carboxylic acids is 1. The molecule has 142 valence electrons. The number of aliphatic carboxylic acids is 1. The Kier molecular flexibility index (Phi) is 5.31. The fraction of sp³-hybridized carbons (Fsp3) is 0.571. The molecule has 5 heteroatoms. The van der Waals surface area contributed by atoms with Gasteiger partial charge in [0.1, 0.15) is 0 Å². The van der Waals surface area contributed by atoms with Crippen molar-refractivity contribution in [1.82, 2.24) is 0 Å². The molecule has 0 aromatic heterocycles. The highest BCUT2D eigenvalue weighted by molar-refractivity contribution is 6.01. The van der Waals surface area contributed by atoms with Crippen LogP contribution in [0.1, 0.15) is 47.5 Å². The summed E-state index contributed by atoms with van der Waals surface area (Å²) in [7, 11) is 1.30. The van der Waals surface area contributed by atoms with E-state index >= 15 is 0 Å². The Morgan fingerprint density at radius 1 is 1.35 bits per heavy atom. The van der Waals surface area contributed by atoms with Gasteiger partial charge in [-0.1, -0.05) is 37.6 Å². The molecule has 0 amide bonds. The Labute approximate surface area is 154 Å². The Balaban J connectivity index is 2.50. The molecule has 0 bridgehead atoms. The normalized spacial score (nSPS) is 30.8. The molecular formula is C21H28O5. The van der Waals surface area contributed by atoms with E-state index in [1.165, 1.54) is 7.11 Å². The number of ketones is 1. The van der Waals surface area contributed by atoms with Crippen LogP contribution >= 0.6 is 0 Å². The zero-order valence-electron chi connectivity index (χ0n) is 16.4. The van der Waals surface area contributed by atoms with Gasteiger partial charge in [0.15, 0.2) is 5.78 Å². The first-order valence-electron chi connectivity index (χ1n) is 8.91. The number of allylic oxidation sites excluding steroid dienone is 5. The number of hydrogen-bond donors (Lipinski definition) is 1. The molecule has 2 rings (SSSR count). The summed E-state index contributed by atoms with van der Waals surface area (Å²) in [6.07, 6.45) is 6.27. The van der Waals surface area contributed by atoms with Gasteiger partial charge >= 0.3 is 11.9 Å². The first-order valence-corrected chi connectivity index (χ1v) is 8.91. The van der Waals surface area contributed by atoms with Crippen LogP contribution in [0.5, 0.6) is 0 Å². The fourth-order valence-corrected chi connectivity index (χ4v) is 4.78. The number of rotatable bonds is 6. The first kappa shape index (κ1) is 20.1. The molecule has 26 heavy (non-hydrogen) atoms. The van der Waals surface area contributed by atoms with E-state index in [9.17, 15) is 19.5 Å². The maximum absolute atomic E-state index is 12.5. The number of carbonyl (C=O) groups excluding carboxylic acids is 2. The highest BCUT2D eigenvalue weighted by Gasteiger charge is 2.78. The van der Waals surface area contributed by atoms with Gasteiger partial charge in [0, 0.05) is 23.8 Å². The summed E-state index contributed by atoms with van der Waals surface area (Å²) < 4.78 is 4.74. The molecule has 5 nitrogen and oxygen atoms in total. The molecule has 0 aromatic rings. The standard InChI is InChI=1S/C21H28O5/c1-7-8-9-14-13(3)15(11-16(14)22)21(19(24)25)17(20(21,4)5)10-12(2)18(23)26-6/h7-8,10,15,17H,9,11H2,1-6H3,(H,24,25)/t15-,17+,21-/m0/s1. The van der Waals surface area contributed by atoms with Gasteiger partial charge in [-0.05, 0) is 38.2 Å². The third-order valence-electron chi connectivity index (χ3n) is 6.36. The average Bonchev–Trinajstić information content (AvgIpc) is 2.92. The van der Waals surface area contributed by atoms with Crippen LogP contribution in [0.25, 0.3) is 0 Å². The highest BCUT2D eigenvalue weighted by atomic mass is 16.5. The molecule has 0 spiro atoms. The maximum atomic E-state index is 12.5. The minimum Gasteiger partial charge on any atom is -0.481 e. The van der Waals surface area contributed by atoms with E-state index in [4.69, 9.17) is 4.74 Å². The van der Waals surface area contributed by atoms with E-state index in [0.29, 0.717) is 12.0 Å². The van der Waals surface area contributed by atoms with Gasteiger partial charge in [-0.3, -0.25) is 9.59 Å². The van der Waals surface area contributed by atoms with E-state index in [1.54, 1.807) is 13.0 Å². The van der Waals surface area contributed by atoms with Gasteiger partial charge < -0.3 is 9.84 Å². The Bertz CT molecular complexity index is 738. The van der Waals surface area contributed by atoms with E-state index in [0.717, 1.165) is 11.1 Å². The lowest BCUT2D eigenvalue weighted by Crippen LogP contribution is -2.31. The topological polar surface area (TPSA) is 80.7 Å². The Morgan fingerprint density at radius 2 is 1.96 bits per heavy atom. The van der Waals surface area contributed by atoms with Gasteiger partial charge in [-0.2, -0.15) is 0 Å². The van der Waals surface area contributed by atoms with Gasteiger partial charge in [0.05, 0.1) is 12.5 Å². The lowest BCUT2D eigenvalue weighted by atomic mass is 9.78. The summed E-state index contributed by atoms with van der Waals surface area (Å²) in [6.45, 7) is 9.20. The number of ether oxygens (including phenoxy) is 1. The van der Waals surface area contributed by atoms with Gasteiger partial charge in [0.2, 0.25) is 0 Å². The van der Waals surface area contributed by atoms with Crippen LogP contribution in [0.3, 0.4) is 0 Å². The van der Waals surface area contributed by atoms with Crippen LogP contribution < -0.4 is 0 Å². The summed E-state index contributed by atoms with van der Waals surface area (Å²) in [5.74, 6) is -2.03. The summed E-state index contributed by atoms with van der Waals surface area (Å²) in [6, 6.07) is 0. The quantitative estimate of drug-likeness (QED) is 0.444. The Morgan fingerprint density at radius 3 is 2.46 bits per heavy atom. The van der Waals surface area contributed by atoms with Gasteiger partial charge in [-0.25, -0.2) is 4.79 Å². The lowest BCUT2D eigenvalue weighted by molar-refractivity contribution is -0.147. The van der Waals surface area contributed by atoms with Crippen LogP contribution in [0, 0.1) is 22.7 Å². The van der Waals surface area contributed by atoms with Crippen LogP contribution in [0.15, 0.2) is 34.9 Å². The van der Waals surface area contributed by atoms with E-state index in [2.05, 4.69) is 0 Å². The van der Waals surface area contributed by atoms with Crippen LogP contribution in [0.4, 0.5) is 0 Å². The van der Waals surface area contributed by atoms with Crippen LogP contribution in [-0.4, -0.2) is 29.9 Å². The average molecular weight is 360 g/mol. The second-order valence-electron chi connectivity index (χ2n) is 7.83. The predicted octanol–water partition coefficient (Wildman–Crippen LogP) is 3.70.